The number of hydrogen-bond acceptors (Lipinski definition) is 4. The number of halogens is 3. The monoisotopic (exact) mass is 367 g/mol. The van der Waals surface area contributed by atoms with Crippen LogP contribution < -0.4 is 10.6 Å². The molecule has 1 unspecified atom stereocenters. The number of benzene rings is 1. The zero-order valence-electron chi connectivity index (χ0n) is 12.9. The van der Waals surface area contributed by atoms with Crippen LogP contribution in [0.2, 0.25) is 0 Å². The Morgan fingerprint density at radius 2 is 1.96 bits per heavy atom. The summed E-state index contributed by atoms with van der Waals surface area (Å²) in [4.78, 5) is 28.6. The first-order valence-electron chi connectivity index (χ1n) is 7.25. The molecule has 1 aromatic heterocycles. The van der Waals surface area contributed by atoms with Crippen LogP contribution in [0.4, 0.5) is 19.0 Å². The van der Waals surface area contributed by atoms with E-state index in [1.165, 1.54) is 17.8 Å². The van der Waals surface area contributed by atoms with Gasteiger partial charge < -0.3 is 10.6 Å². The first-order valence-corrected chi connectivity index (χ1v) is 8.13. The van der Waals surface area contributed by atoms with Gasteiger partial charge in [0.1, 0.15) is 29.0 Å². The quantitative estimate of drug-likeness (QED) is 0.875. The molecule has 0 radical (unpaired) electrons. The zero-order valence-corrected chi connectivity index (χ0v) is 13.7. The van der Waals surface area contributed by atoms with Crippen molar-refractivity contribution in [3.8, 4) is 0 Å². The predicted octanol–water partition coefficient (Wildman–Crippen LogP) is 2.86. The average molecular weight is 367 g/mol. The van der Waals surface area contributed by atoms with Crippen LogP contribution in [0.3, 0.4) is 0 Å². The van der Waals surface area contributed by atoms with E-state index in [9.17, 15) is 22.8 Å². The maximum Gasteiger partial charge on any atom is 0.270 e. The minimum absolute atomic E-state index is 0.0165. The van der Waals surface area contributed by atoms with Gasteiger partial charge in [-0.25, -0.2) is 18.2 Å². The van der Waals surface area contributed by atoms with Crippen LogP contribution in [0.25, 0.3) is 0 Å². The molecule has 0 saturated carbocycles. The first-order chi connectivity index (χ1) is 11.8. The molecule has 1 aliphatic rings. The van der Waals surface area contributed by atoms with Crippen molar-refractivity contribution in [1.82, 2.24) is 10.3 Å². The summed E-state index contributed by atoms with van der Waals surface area (Å²) < 4.78 is 40.0. The average Bonchev–Trinajstić information content (AvgIpc) is 2.54. The zero-order chi connectivity index (χ0) is 18.1. The van der Waals surface area contributed by atoms with Gasteiger partial charge in [0.15, 0.2) is 0 Å². The van der Waals surface area contributed by atoms with Crippen molar-refractivity contribution in [3.05, 3.63) is 53.0 Å². The highest BCUT2D eigenvalue weighted by Crippen LogP contribution is 2.34. The van der Waals surface area contributed by atoms with Crippen molar-refractivity contribution >= 4 is 29.4 Å². The van der Waals surface area contributed by atoms with Crippen LogP contribution in [0, 0.1) is 17.5 Å². The van der Waals surface area contributed by atoms with Gasteiger partial charge in [0.05, 0.1) is 10.1 Å². The molecule has 0 fully saturated rings. The summed E-state index contributed by atoms with van der Waals surface area (Å²) in [6.07, 6.45) is 0. The maximum atomic E-state index is 13.6. The number of rotatable bonds is 3. The fraction of sp³-hybridized carbons (Fsp3) is 0.188. The Bertz CT molecular complexity index is 853. The number of thioether (sulfide) groups is 1. The molecule has 0 bridgehead atoms. The number of amides is 2. The molecular formula is C16H12F3N3O2S. The lowest BCUT2D eigenvalue weighted by atomic mass is 10.2. The lowest BCUT2D eigenvalue weighted by Gasteiger charge is -2.20. The molecule has 1 aromatic carbocycles. The molecule has 3 rings (SSSR count). The fourth-order valence-electron chi connectivity index (χ4n) is 2.22. The van der Waals surface area contributed by atoms with Gasteiger partial charge in [-0.15, -0.1) is 11.8 Å². The minimum Gasteiger partial charge on any atom is -0.346 e. The maximum absolute atomic E-state index is 13.6. The van der Waals surface area contributed by atoms with Gasteiger partial charge in [-0.2, -0.15) is 0 Å². The largest absolute Gasteiger partial charge is 0.346 e. The van der Waals surface area contributed by atoms with Crippen molar-refractivity contribution < 1.29 is 22.8 Å². The van der Waals surface area contributed by atoms with E-state index in [1.54, 1.807) is 13.0 Å². The second-order valence-electron chi connectivity index (χ2n) is 5.32. The van der Waals surface area contributed by atoms with Crippen molar-refractivity contribution in [3.63, 3.8) is 0 Å². The van der Waals surface area contributed by atoms with Gasteiger partial charge >= 0.3 is 0 Å². The van der Waals surface area contributed by atoms with Gasteiger partial charge in [0.2, 0.25) is 5.91 Å². The number of carbonyl (C=O) groups excluding carboxylic acids is 2. The fourth-order valence-corrected chi connectivity index (χ4v) is 3.12. The lowest BCUT2D eigenvalue weighted by Crippen LogP contribution is -2.29. The number of hydrogen-bond donors (Lipinski definition) is 2. The first kappa shape index (κ1) is 17.3. The van der Waals surface area contributed by atoms with Crippen molar-refractivity contribution in [2.45, 2.75) is 23.6 Å². The summed E-state index contributed by atoms with van der Waals surface area (Å²) in [5.74, 6) is -3.85. The van der Waals surface area contributed by atoms with E-state index in [1.807, 2.05) is 0 Å². The van der Waals surface area contributed by atoms with E-state index >= 15 is 0 Å². The third kappa shape index (κ3) is 3.60. The topological polar surface area (TPSA) is 71.1 Å². The van der Waals surface area contributed by atoms with E-state index in [-0.39, 0.29) is 22.7 Å². The Kier molecular flexibility index (Phi) is 4.67. The molecule has 2 amide bonds. The normalized spacial score (nSPS) is 16.2. The van der Waals surface area contributed by atoms with Gasteiger partial charge in [-0.3, -0.25) is 9.59 Å². The number of anilines is 1. The van der Waals surface area contributed by atoms with Crippen LogP contribution in [-0.2, 0) is 11.3 Å². The summed E-state index contributed by atoms with van der Waals surface area (Å²) in [7, 11) is 0. The number of nitrogens with one attached hydrogen (secondary N) is 2. The molecule has 2 heterocycles. The van der Waals surface area contributed by atoms with Crippen LogP contribution >= 0.6 is 11.8 Å². The molecule has 130 valence electrons. The highest BCUT2D eigenvalue weighted by atomic mass is 32.2. The third-order valence-electron chi connectivity index (χ3n) is 3.54. The van der Waals surface area contributed by atoms with Gasteiger partial charge in [-0.05, 0) is 19.1 Å². The van der Waals surface area contributed by atoms with Crippen LogP contribution in [0.5, 0.6) is 0 Å². The van der Waals surface area contributed by atoms with E-state index in [0.717, 1.165) is 4.90 Å². The second-order valence-corrected chi connectivity index (χ2v) is 6.71. The third-order valence-corrected chi connectivity index (χ3v) is 4.69. The number of nitrogens with zero attached hydrogens (tertiary/aromatic N) is 1. The van der Waals surface area contributed by atoms with Crippen molar-refractivity contribution in [2.24, 2.45) is 0 Å². The Labute approximate surface area is 145 Å². The smallest absolute Gasteiger partial charge is 0.270 e. The Morgan fingerprint density at radius 3 is 2.64 bits per heavy atom. The molecule has 1 aliphatic heterocycles. The van der Waals surface area contributed by atoms with Gasteiger partial charge in [0, 0.05) is 24.2 Å². The Balaban J connectivity index is 1.75. The summed E-state index contributed by atoms with van der Waals surface area (Å²) >= 11 is 1.31. The second kappa shape index (κ2) is 6.75. The number of pyridine rings is 1. The van der Waals surface area contributed by atoms with Crippen LogP contribution in [0.15, 0.2) is 29.2 Å². The highest BCUT2D eigenvalue weighted by Gasteiger charge is 2.25. The van der Waals surface area contributed by atoms with Crippen LogP contribution in [-0.4, -0.2) is 22.0 Å². The van der Waals surface area contributed by atoms with E-state index in [4.69, 9.17) is 0 Å². The SMILES string of the molecule is CC1Sc2ccc(C(=O)NCc3c(F)cc(F)cc3F)nc2NC1=O. The standard InChI is InChI=1S/C16H12F3N3O2S/c1-7-15(23)22-14-13(25-7)3-2-12(21-14)16(24)20-6-9-10(18)4-8(17)5-11(9)19/h2-5,7H,6H2,1H3,(H,20,24)(H,21,22,23). The van der Waals surface area contributed by atoms with E-state index in [0.29, 0.717) is 12.1 Å². The van der Waals surface area contributed by atoms with E-state index < -0.39 is 35.5 Å². The van der Waals surface area contributed by atoms with Gasteiger partial charge in [0.25, 0.3) is 5.91 Å². The minimum atomic E-state index is -1.09. The molecular weight excluding hydrogens is 355 g/mol. The number of carbonyl (C=O) groups is 2. The molecule has 9 heteroatoms. The summed E-state index contributed by atoms with van der Waals surface area (Å²) in [6.45, 7) is 1.28. The summed E-state index contributed by atoms with van der Waals surface area (Å²) in [6, 6.07) is 4.16. The number of aromatic nitrogens is 1. The van der Waals surface area contributed by atoms with Crippen molar-refractivity contribution in [1.29, 1.82) is 0 Å². The molecule has 5 nitrogen and oxygen atoms in total. The lowest BCUT2D eigenvalue weighted by molar-refractivity contribution is -0.115. The van der Waals surface area contributed by atoms with Crippen LogP contribution in [0.1, 0.15) is 23.0 Å². The van der Waals surface area contributed by atoms with Crippen molar-refractivity contribution in [2.75, 3.05) is 5.32 Å². The molecule has 25 heavy (non-hydrogen) atoms. The van der Waals surface area contributed by atoms with Gasteiger partial charge in [-0.1, -0.05) is 0 Å². The molecule has 0 spiro atoms. The van der Waals surface area contributed by atoms with E-state index in [2.05, 4.69) is 15.6 Å². The predicted molar refractivity (Wildman–Crippen MR) is 85.7 cm³/mol. The Hall–Kier alpha value is -2.55. The highest BCUT2D eigenvalue weighted by molar-refractivity contribution is 8.00. The Morgan fingerprint density at radius 1 is 1.28 bits per heavy atom. The summed E-state index contributed by atoms with van der Waals surface area (Å²) in [5.41, 5.74) is -0.470. The molecule has 0 aliphatic carbocycles. The summed E-state index contributed by atoms with van der Waals surface area (Å²) in [5, 5.41) is 4.65. The molecule has 2 aromatic rings. The molecule has 0 saturated heterocycles. The molecule has 1 atom stereocenters. The number of fused-ring (bicyclic) bond motifs is 1. The molecule has 2 N–H and O–H groups in total.